The second kappa shape index (κ2) is 9.06. The highest BCUT2D eigenvalue weighted by Crippen LogP contribution is 2.31. The Morgan fingerprint density at radius 1 is 1.00 bits per heavy atom. The summed E-state index contributed by atoms with van der Waals surface area (Å²) in [6, 6.07) is 11.9. The lowest BCUT2D eigenvalue weighted by atomic mass is 10.2. The van der Waals surface area contributed by atoms with Crippen molar-refractivity contribution >= 4 is 33.5 Å². The minimum atomic E-state index is -4.45. The zero-order chi connectivity index (χ0) is 21.8. The summed E-state index contributed by atoms with van der Waals surface area (Å²) in [6.45, 7) is 2.19. The molecular formula is C20H17BrF3N5O2. The first-order valence-corrected chi connectivity index (χ1v) is 10.1. The van der Waals surface area contributed by atoms with Gasteiger partial charge in [0.2, 0.25) is 11.9 Å². The molecule has 0 radical (unpaired) electrons. The van der Waals surface area contributed by atoms with Crippen LogP contribution in [0, 0.1) is 0 Å². The van der Waals surface area contributed by atoms with E-state index in [1.165, 1.54) is 12.1 Å². The van der Waals surface area contributed by atoms with Crippen molar-refractivity contribution in [3.8, 4) is 11.8 Å². The number of aromatic nitrogens is 3. The van der Waals surface area contributed by atoms with Crippen molar-refractivity contribution in [2.75, 3.05) is 36.5 Å². The number of anilines is 3. The van der Waals surface area contributed by atoms with E-state index in [2.05, 4.69) is 36.2 Å². The van der Waals surface area contributed by atoms with Crippen molar-refractivity contribution in [2.45, 2.75) is 6.18 Å². The number of benzene rings is 2. The number of halogens is 4. The fourth-order valence-electron chi connectivity index (χ4n) is 2.86. The van der Waals surface area contributed by atoms with Crippen LogP contribution in [0.5, 0.6) is 11.8 Å². The Hall–Kier alpha value is -2.92. The molecule has 2 aromatic carbocycles. The molecule has 2 heterocycles. The van der Waals surface area contributed by atoms with Crippen molar-refractivity contribution in [1.29, 1.82) is 0 Å². The van der Waals surface area contributed by atoms with Crippen molar-refractivity contribution in [2.24, 2.45) is 0 Å². The Balaban J connectivity index is 1.64. The molecule has 7 nitrogen and oxygen atoms in total. The van der Waals surface area contributed by atoms with Gasteiger partial charge in [0.25, 0.3) is 0 Å². The number of hydrogen-bond acceptors (Lipinski definition) is 7. The van der Waals surface area contributed by atoms with E-state index < -0.39 is 11.7 Å². The van der Waals surface area contributed by atoms with E-state index >= 15 is 0 Å². The standard InChI is InChI=1S/C20H17BrF3N5O2/c21-14-4-6-16(7-5-14)31-19-27-17(26-18(28-19)29-8-10-30-11-9-29)25-15-3-1-2-13(12-15)20(22,23)24/h1-7,12H,8-11H2,(H,25,26,27,28). The van der Waals surface area contributed by atoms with Gasteiger partial charge in [-0.25, -0.2) is 0 Å². The zero-order valence-corrected chi connectivity index (χ0v) is 17.7. The lowest BCUT2D eigenvalue weighted by Crippen LogP contribution is -2.37. The zero-order valence-electron chi connectivity index (χ0n) is 16.1. The normalized spacial score (nSPS) is 14.4. The fourth-order valence-corrected chi connectivity index (χ4v) is 3.13. The summed E-state index contributed by atoms with van der Waals surface area (Å²) >= 11 is 3.36. The quantitative estimate of drug-likeness (QED) is 0.532. The number of ether oxygens (including phenoxy) is 2. The number of morpholine rings is 1. The summed E-state index contributed by atoms with van der Waals surface area (Å²) in [6.07, 6.45) is -4.45. The summed E-state index contributed by atoms with van der Waals surface area (Å²) in [4.78, 5) is 14.9. The average molecular weight is 496 g/mol. The Morgan fingerprint density at radius 3 is 2.45 bits per heavy atom. The highest BCUT2D eigenvalue weighted by molar-refractivity contribution is 9.10. The number of nitrogens with one attached hydrogen (secondary N) is 1. The lowest BCUT2D eigenvalue weighted by Gasteiger charge is -2.27. The number of alkyl halides is 3. The van der Waals surface area contributed by atoms with E-state index in [0.29, 0.717) is 38.0 Å². The van der Waals surface area contributed by atoms with Crippen LogP contribution in [0.1, 0.15) is 5.56 Å². The predicted molar refractivity (Wildman–Crippen MR) is 112 cm³/mol. The molecule has 1 aliphatic heterocycles. The van der Waals surface area contributed by atoms with Gasteiger partial charge in [0.15, 0.2) is 0 Å². The number of hydrogen-bond donors (Lipinski definition) is 1. The molecule has 162 valence electrons. The Morgan fingerprint density at radius 2 is 1.74 bits per heavy atom. The second-order valence-electron chi connectivity index (χ2n) is 6.60. The van der Waals surface area contributed by atoms with E-state index in [4.69, 9.17) is 9.47 Å². The van der Waals surface area contributed by atoms with Gasteiger partial charge in [-0.05, 0) is 42.5 Å². The van der Waals surface area contributed by atoms with Crippen molar-refractivity contribution in [3.63, 3.8) is 0 Å². The first-order valence-electron chi connectivity index (χ1n) is 9.33. The van der Waals surface area contributed by atoms with Gasteiger partial charge in [0.1, 0.15) is 5.75 Å². The molecular weight excluding hydrogens is 479 g/mol. The van der Waals surface area contributed by atoms with Gasteiger partial charge in [0.05, 0.1) is 18.8 Å². The number of nitrogens with zero attached hydrogens (tertiary/aromatic N) is 4. The van der Waals surface area contributed by atoms with Crippen LogP contribution in [0.15, 0.2) is 53.0 Å². The van der Waals surface area contributed by atoms with E-state index in [-0.39, 0.29) is 17.6 Å². The van der Waals surface area contributed by atoms with Crippen molar-refractivity contribution < 1.29 is 22.6 Å². The maximum atomic E-state index is 13.0. The largest absolute Gasteiger partial charge is 0.424 e. The van der Waals surface area contributed by atoms with Crippen LogP contribution in [0.4, 0.5) is 30.8 Å². The first-order chi connectivity index (χ1) is 14.9. The molecule has 0 spiro atoms. The Kier molecular flexibility index (Phi) is 6.23. The van der Waals surface area contributed by atoms with Gasteiger partial charge in [-0.3, -0.25) is 0 Å². The summed E-state index contributed by atoms with van der Waals surface area (Å²) in [5.74, 6) is 0.926. The molecule has 31 heavy (non-hydrogen) atoms. The Bertz CT molecular complexity index is 1040. The minimum Gasteiger partial charge on any atom is -0.424 e. The van der Waals surface area contributed by atoms with Crippen molar-refractivity contribution in [1.82, 2.24) is 15.0 Å². The maximum absolute atomic E-state index is 13.0. The van der Waals surface area contributed by atoms with Crippen molar-refractivity contribution in [3.05, 3.63) is 58.6 Å². The molecule has 0 aliphatic carbocycles. The molecule has 1 fully saturated rings. The average Bonchev–Trinajstić information content (AvgIpc) is 2.75. The molecule has 0 atom stereocenters. The molecule has 3 aromatic rings. The van der Waals surface area contributed by atoms with Crippen LogP contribution in [-0.2, 0) is 10.9 Å². The van der Waals surface area contributed by atoms with Crippen LogP contribution >= 0.6 is 15.9 Å². The molecule has 1 aromatic heterocycles. The minimum absolute atomic E-state index is 0.0216. The van der Waals surface area contributed by atoms with Gasteiger partial charge in [-0.1, -0.05) is 22.0 Å². The predicted octanol–water partition coefficient (Wildman–Crippen LogP) is 5.03. The van der Waals surface area contributed by atoms with Gasteiger partial charge in [-0.15, -0.1) is 0 Å². The van der Waals surface area contributed by atoms with E-state index in [1.807, 2.05) is 4.90 Å². The van der Waals surface area contributed by atoms with Crippen LogP contribution in [0.3, 0.4) is 0 Å². The molecule has 1 aliphatic rings. The Labute approximate surface area is 184 Å². The molecule has 0 saturated carbocycles. The summed E-state index contributed by atoms with van der Waals surface area (Å²) in [7, 11) is 0. The molecule has 11 heteroatoms. The van der Waals surface area contributed by atoms with Gasteiger partial charge >= 0.3 is 12.2 Å². The lowest BCUT2D eigenvalue weighted by molar-refractivity contribution is -0.137. The first kappa shape index (κ1) is 21.3. The molecule has 0 bridgehead atoms. The van der Waals surface area contributed by atoms with Crippen LogP contribution in [-0.4, -0.2) is 41.3 Å². The van der Waals surface area contributed by atoms with Gasteiger partial charge < -0.3 is 19.7 Å². The SMILES string of the molecule is FC(F)(F)c1cccc(Nc2nc(Oc3ccc(Br)cc3)nc(N3CCOCC3)n2)c1. The monoisotopic (exact) mass is 495 g/mol. The second-order valence-corrected chi connectivity index (χ2v) is 7.52. The third-order valence-corrected chi connectivity index (χ3v) is 4.89. The van der Waals surface area contributed by atoms with E-state index in [0.717, 1.165) is 16.6 Å². The fraction of sp³-hybridized carbons (Fsp3) is 0.250. The maximum Gasteiger partial charge on any atom is 0.416 e. The topological polar surface area (TPSA) is 72.4 Å². The van der Waals surface area contributed by atoms with E-state index in [9.17, 15) is 13.2 Å². The highest BCUT2D eigenvalue weighted by Gasteiger charge is 2.30. The van der Waals surface area contributed by atoms with Crippen LogP contribution in [0.25, 0.3) is 0 Å². The molecule has 0 amide bonds. The molecule has 4 rings (SSSR count). The summed E-state index contributed by atoms with van der Waals surface area (Å²) in [5.41, 5.74) is -0.574. The smallest absolute Gasteiger partial charge is 0.416 e. The van der Waals surface area contributed by atoms with E-state index in [1.54, 1.807) is 24.3 Å². The molecule has 1 saturated heterocycles. The third kappa shape index (κ3) is 5.61. The molecule has 0 unspecified atom stereocenters. The highest BCUT2D eigenvalue weighted by atomic mass is 79.9. The van der Waals surface area contributed by atoms with Gasteiger partial charge in [0, 0.05) is 23.2 Å². The van der Waals surface area contributed by atoms with Crippen LogP contribution < -0.4 is 15.0 Å². The van der Waals surface area contributed by atoms with Gasteiger partial charge in [-0.2, -0.15) is 28.1 Å². The molecule has 1 N–H and O–H groups in total. The summed E-state index contributed by atoms with van der Waals surface area (Å²) in [5, 5.41) is 2.82. The third-order valence-electron chi connectivity index (χ3n) is 4.37. The number of rotatable bonds is 5. The van der Waals surface area contributed by atoms with Crippen LogP contribution in [0.2, 0.25) is 0 Å². The summed E-state index contributed by atoms with van der Waals surface area (Å²) < 4.78 is 51.1.